The van der Waals surface area contributed by atoms with Gasteiger partial charge in [0.2, 0.25) is 17.8 Å². The number of amides is 2. The summed E-state index contributed by atoms with van der Waals surface area (Å²) in [6, 6.07) is 6.10. The van der Waals surface area contributed by atoms with Crippen molar-refractivity contribution in [2.75, 3.05) is 43.4 Å². The number of nitrogens with one attached hydrogen (secondary N) is 2. The molecule has 2 amide bonds. The van der Waals surface area contributed by atoms with Crippen LogP contribution in [0.15, 0.2) is 42.4 Å². The first-order valence-corrected chi connectivity index (χ1v) is 14.0. The maximum absolute atomic E-state index is 12.3. The lowest BCUT2D eigenvalue weighted by Gasteiger charge is -2.47. The first kappa shape index (κ1) is 26.1. The van der Waals surface area contributed by atoms with Gasteiger partial charge in [0.25, 0.3) is 0 Å². The summed E-state index contributed by atoms with van der Waals surface area (Å²) in [4.78, 5) is 42.9. The van der Waals surface area contributed by atoms with Crippen LogP contribution >= 0.6 is 11.3 Å². The number of fused-ring (bicyclic) bond motifs is 1. The van der Waals surface area contributed by atoms with E-state index in [1.807, 2.05) is 16.3 Å². The minimum absolute atomic E-state index is 0.00196. The van der Waals surface area contributed by atoms with Gasteiger partial charge in [-0.15, -0.1) is 11.3 Å². The molecule has 1 aromatic carbocycles. The zero-order chi connectivity index (χ0) is 26.9. The Hall–Kier alpha value is -3.53. The van der Waals surface area contributed by atoms with E-state index in [0.29, 0.717) is 18.3 Å². The molecule has 4 heterocycles. The van der Waals surface area contributed by atoms with Gasteiger partial charge in [0.1, 0.15) is 10.8 Å². The molecule has 200 valence electrons. The molecule has 2 saturated heterocycles. The molecule has 9 nitrogen and oxygen atoms in total. The van der Waals surface area contributed by atoms with Gasteiger partial charge in [-0.05, 0) is 37.0 Å². The lowest BCUT2D eigenvalue weighted by atomic mass is 9.79. The monoisotopic (exact) mass is 533 g/mol. The number of hydrogen-bond donors (Lipinski definition) is 2. The van der Waals surface area contributed by atoms with E-state index >= 15 is 0 Å². The fourth-order valence-electron chi connectivity index (χ4n) is 5.56. The van der Waals surface area contributed by atoms with Crippen molar-refractivity contribution in [1.82, 2.24) is 25.2 Å². The molecule has 2 aliphatic heterocycles. The summed E-state index contributed by atoms with van der Waals surface area (Å²) in [6.07, 6.45) is 5.39. The van der Waals surface area contributed by atoms with Crippen molar-refractivity contribution in [1.29, 1.82) is 0 Å². The highest BCUT2D eigenvalue weighted by Gasteiger charge is 2.49. The third-order valence-electron chi connectivity index (χ3n) is 7.43. The SMILES string of the molecule is C=CC(=O)N1CC2(CCN(c3nc(NC(CC(=O)NC)CC(C)C)c4ccc(-c5nccs5)cc4n3)C2)C1. The Balaban J connectivity index is 1.48. The fraction of sp³-hybridized carbons (Fsp3) is 0.464. The molecular weight excluding hydrogens is 498 g/mol. The largest absolute Gasteiger partial charge is 0.366 e. The Bertz CT molecular complexity index is 1330. The summed E-state index contributed by atoms with van der Waals surface area (Å²) < 4.78 is 0. The number of likely N-dealkylation sites (tertiary alicyclic amines) is 1. The smallest absolute Gasteiger partial charge is 0.245 e. The van der Waals surface area contributed by atoms with E-state index in [1.165, 1.54) is 6.08 Å². The number of anilines is 2. The van der Waals surface area contributed by atoms with E-state index in [0.717, 1.165) is 66.3 Å². The van der Waals surface area contributed by atoms with Crippen LogP contribution in [0.4, 0.5) is 11.8 Å². The zero-order valence-electron chi connectivity index (χ0n) is 22.2. The molecule has 5 rings (SSSR count). The van der Waals surface area contributed by atoms with Crippen LogP contribution in [0, 0.1) is 11.3 Å². The molecule has 2 aromatic heterocycles. The molecule has 0 aliphatic carbocycles. The molecule has 2 N–H and O–H groups in total. The van der Waals surface area contributed by atoms with Crippen molar-refractivity contribution in [3.63, 3.8) is 0 Å². The van der Waals surface area contributed by atoms with Gasteiger partial charge in [0, 0.05) is 73.6 Å². The Kier molecular flexibility index (Phi) is 7.34. The van der Waals surface area contributed by atoms with Crippen molar-refractivity contribution in [3.05, 3.63) is 42.4 Å². The molecule has 0 bridgehead atoms. The van der Waals surface area contributed by atoms with Crippen LogP contribution in [0.1, 0.15) is 33.1 Å². The Labute approximate surface area is 227 Å². The van der Waals surface area contributed by atoms with Crippen LogP contribution in [-0.2, 0) is 9.59 Å². The van der Waals surface area contributed by atoms with Crippen LogP contribution in [0.5, 0.6) is 0 Å². The van der Waals surface area contributed by atoms with E-state index in [-0.39, 0.29) is 23.3 Å². The standard InChI is InChI=1S/C28H35N7O2S/c1-5-24(37)35-16-28(17-35)8-10-34(15-28)27-32-22-13-19(26-30-9-11-38-26)6-7-21(22)25(33-27)31-20(12-18(2)3)14-23(36)29-4/h5-7,9,11,13,18,20H,1,8,10,12,14-17H2,2-4H3,(H,29,36)(H,31,32,33). The maximum atomic E-state index is 12.3. The number of carbonyl (C=O) groups excluding carboxylic acids is 2. The quantitative estimate of drug-likeness (QED) is 0.402. The lowest BCUT2D eigenvalue weighted by molar-refractivity contribution is -0.136. The summed E-state index contributed by atoms with van der Waals surface area (Å²) in [5, 5.41) is 10.2. The van der Waals surface area contributed by atoms with Crippen molar-refractivity contribution in [3.8, 4) is 10.6 Å². The number of carbonyl (C=O) groups is 2. The second-order valence-electron chi connectivity index (χ2n) is 10.9. The van der Waals surface area contributed by atoms with Crippen LogP contribution in [0.25, 0.3) is 21.5 Å². The average Bonchev–Trinajstić information content (AvgIpc) is 3.57. The minimum Gasteiger partial charge on any atom is -0.366 e. The molecule has 0 radical (unpaired) electrons. The third kappa shape index (κ3) is 5.36. The predicted molar refractivity (Wildman–Crippen MR) is 152 cm³/mol. The second kappa shape index (κ2) is 10.7. The highest BCUT2D eigenvalue weighted by molar-refractivity contribution is 7.13. The molecule has 1 spiro atoms. The molecule has 0 saturated carbocycles. The van der Waals surface area contributed by atoms with E-state index in [9.17, 15) is 9.59 Å². The van der Waals surface area contributed by atoms with Crippen LogP contribution in [0.3, 0.4) is 0 Å². The highest BCUT2D eigenvalue weighted by atomic mass is 32.1. The van der Waals surface area contributed by atoms with Crippen LogP contribution < -0.4 is 15.5 Å². The van der Waals surface area contributed by atoms with E-state index < -0.39 is 0 Å². The van der Waals surface area contributed by atoms with Crippen molar-refractivity contribution in [2.24, 2.45) is 11.3 Å². The van der Waals surface area contributed by atoms with Gasteiger partial charge in [0.05, 0.1) is 5.52 Å². The summed E-state index contributed by atoms with van der Waals surface area (Å²) in [5.74, 6) is 1.81. The van der Waals surface area contributed by atoms with Gasteiger partial charge in [-0.3, -0.25) is 9.59 Å². The molecule has 1 unspecified atom stereocenters. The number of nitrogens with zero attached hydrogens (tertiary/aromatic N) is 5. The maximum Gasteiger partial charge on any atom is 0.245 e. The number of rotatable bonds is 9. The molecule has 38 heavy (non-hydrogen) atoms. The molecule has 2 fully saturated rings. The van der Waals surface area contributed by atoms with E-state index in [1.54, 1.807) is 24.6 Å². The molecular formula is C28H35N7O2S. The number of hydrogen-bond acceptors (Lipinski definition) is 8. The van der Waals surface area contributed by atoms with E-state index in [2.05, 4.69) is 53.1 Å². The summed E-state index contributed by atoms with van der Waals surface area (Å²) in [7, 11) is 1.67. The van der Waals surface area contributed by atoms with Crippen LogP contribution in [0.2, 0.25) is 0 Å². The van der Waals surface area contributed by atoms with Crippen molar-refractivity contribution >= 4 is 45.8 Å². The van der Waals surface area contributed by atoms with Gasteiger partial charge < -0.3 is 20.4 Å². The number of benzene rings is 1. The Morgan fingerprint density at radius 3 is 2.74 bits per heavy atom. The molecule has 3 aromatic rings. The topological polar surface area (TPSA) is 103 Å². The molecule has 2 aliphatic rings. The van der Waals surface area contributed by atoms with Gasteiger partial charge in [-0.25, -0.2) is 9.97 Å². The van der Waals surface area contributed by atoms with Gasteiger partial charge >= 0.3 is 0 Å². The van der Waals surface area contributed by atoms with Gasteiger partial charge in [-0.1, -0.05) is 26.5 Å². The summed E-state index contributed by atoms with van der Waals surface area (Å²) in [5.41, 5.74) is 1.93. The van der Waals surface area contributed by atoms with Crippen molar-refractivity contribution < 1.29 is 9.59 Å². The zero-order valence-corrected chi connectivity index (χ0v) is 23.1. The van der Waals surface area contributed by atoms with E-state index in [4.69, 9.17) is 9.97 Å². The Morgan fingerprint density at radius 1 is 1.24 bits per heavy atom. The summed E-state index contributed by atoms with van der Waals surface area (Å²) in [6.45, 7) is 11.0. The molecule has 10 heteroatoms. The lowest BCUT2D eigenvalue weighted by Crippen LogP contribution is -2.59. The van der Waals surface area contributed by atoms with Crippen molar-refractivity contribution in [2.45, 2.75) is 39.2 Å². The third-order valence-corrected chi connectivity index (χ3v) is 8.25. The number of aromatic nitrogens is 3. The van der Waals surface area contributed by atoms with Gasteiger partial charge in [-0.2, -0.15) is 4.98 Å². The predicted octanol–water partition coefficient (Wildman–Crippen LogP) is 3.94. The first-order chi connectivity index (χ1) is 18.3. The van der Waals surface area contributed by atoms with Gasteiger partial charge in [0.15, 0.2) is 0 Å². The van der Waals surface area contributed by atoms with Crippen LogP contribution in [-0.4, -0.2) is 70.9 Å². The Morgan fingerprint density at radius 2 is 2.05 bits per heavy atom. The minimum atomic E-state index is -0.0606. The summed E-state index contributed by atoms with van der Waals surface area (Å²) >= 11 is 1.60. The second-order valence-corrected chi connectivity index (χ2v) is 11.8. The number of thiazole rings is 1. The normalized spacial score (nSPS) is 17.1. The first-order valence-electron chi connectivity index (χ1n) is 13.1. The fourth-order valence-corrected chi connectivity index (χ4v) is 6.20. The molecule has 1 atom stereocenters. The average molecular weight is 534 g/mol. The highest BCUT2D eigenvalue weighted by Crippen LogP contribution is 2.41.